The molecule has 0 aliphatic carbocycles. The maximum atomic E-state index is 5.88. The van der Waals surface area contributed by atoms with Crippen LogP contribution in [0.15, 0.2) is 9.72 Å². The predicted octanol–water partition coefficient (Wildman–Crippen LogP) is 3.73. The van der Waals surface area contributed by atoms with Gasteiger partial charge in [0.25, 0.3) is 0 Å². The van der Waals surface area contributed by atoms with Crippen LogP contribution in [0.4, 0.5) is 0 Å². The topological polar surface area (TPSA) is 27.7 Å². The molecule has 0 fully saturated rings. The molecule has 0 bridgehead atoms. The summed E-state index contributed by atoms with van der Waals surface area (Å²) in [6.45, 7) is 18.0. The molecule has 0 saturated carbocycles. The third kappa shape index (κ3) is 9.92. The number of ether oxygens (including phenoxy) is 3. The van der Waals surface area contributed by atoms with Crippen LogP contribution in [-0.4, -0.2) is 39.3 Å². The van der Waals surface area contributed by atoms with Crippen molar-refractivity contribution in [3.8, 4) is 0 Å². The van der Waals surface area contributed by atoms with Gasteiger partial charge in [0.2, 0.25) is 0 Å². The van der Waals surface area contributed by atoms with E-state index in [-0.39, 0.29) is 16.8 Å². The Hall–Kier alpha value is -0.0613. The van der Waals surface area contributed by atoms with Crippen molar-refractivity contribution in [2.75, 3.05) is 0 Å². The third-order valence-corrected chi connectivity index (χ3v) is 2.27. The summed E-state index contributed by atoms with van der Waals surface area (Å²) in [7, 11) is 0. The summed E-state index contributed by atoms with van der Waals surface area (Å²) in [5.41, 5.74) is -0.848. The molecule has 0 heterocycles. The maximum absolute atomic E-state index is 5.88. The predicted molar refractivity (Wildman–Crippen MR) is 75.3 cm³/mol. The van der Waals surface area contributed by atoms with Gasteiger partial charge in [0, 0.05) is 0 Å². The molecule has 4 heteroatoms. The van der Waals surface area contributed by atoms with Gasteiger partial charge in [0.1, 0.15) is 0 Å². The molecule has 3 radical (unpaired) electrons. The molecule has 0 aromatic carbocycles. The van der Waals surface area contributed by atoms with Gasteiger partial charge in [-0.1, -0.05) is 0 Å². The Bertz CT molecular complexity index is 282. The molecule has 0 aromatic rings. The van der Waals surface area contributed by atoms with Crippen LogP contribution in [0.25, 0.3) is 0 Å². The number of hydrogen-bond acceptors (Lipinski definition) is 3. The van der Waals surface area contributed by atoms with Gasteiger partial charge < -0.3 is 0 Å². The van der Waals surface area contributed by atoms with Crippen LogP contribution in [0.2, 0.25) is 0 Å². The van der Waals surface area contributed by atoms with Crippen LogP contribution < -0.4 is 0 Å². The van der Waals surface area contributed by atoms with Gasteiger partial charge >= 0.3 is 126 Å². The second-order valence-corrected chi connectivity index (χ2v) is 8.56. The first-order chi connectivity index (χ1) is 7.70. The molecule has 0 aromatic heterocycles. The molecule has 0 amide bonds. The minimum atomic E-state index is -0.302. The molecule has 18 heavy (non-hydrogen) atoms. The van der Waals surface area contributed by atoms with Crippen LogP contribution in [0, 0.1) is 0 Å². The van der Waals surface area contributed by atoms with E-state index in [4.69, 9.17) is 14.2 Å². The van der Waals surface area contributed by atoms with Gasteiger partial charge in [0.15, 0.2) is 0 Å². The molecule has 0 atom stereocenters. The summed E-state index contributed by atoms with van der Waals surface area (Å²) in [5.74, 6) is 0.503. The SMILES string of the molecule is CC(C)(C)O[C]([Sn])=C(OC(C)(C)C)OC(C)(C)C. The first-order valence-electron chi connectivity index (χ1n) is 6.22. The third-order valence-electron chi connectivity index (χ3n) is 1.39. The van der Waals surface area contributed by atoms with Crippen LogP contribution in [0.1, 0.15) is 62.3 Å². The van der Waals surface area contributed by atoms with E-state index < -0.39 is 0 Å². The van der Waals surface area contributed by atoms with Gasteiger partial charge in [-0.05, 0) is 0 Å². The van der Waals surface area contributed by atoms with Crippen molar-refractivity contribution in [3.05, 3.63) is 9.72 Å². The normalized spacial score (nSPS) is 13.0. The van der Waals surface area contributed by atoms with Gasteiger partial charge in [-0.2, -0.15) is 0 Å². The van der Waals surface area contributed by atoms with Crippen LogP contribution >= 0.6 is 0 Å². The fraction of sp³-hybridized carbons (Fsp3) is 0.857. The zero-order valence-electron chi connectivity index (χ0n) is 13.2. The number of rotatable bonds is 3. The Morgan fingerprint density at radius 2 is 0.889 bits per heavy atom. The summed E-state index contributed by atoms with van der Waals surface area (Å²) in [6.07, 6.45) is 0. The van der Waals surface area contributed by atoms with Gasteiger partial charge in [-0.15, -0.1) is 0 Å². The van der Waals surface area contributed by atoms with Crippen LogP contribution in [0.5, 0.6) is 0 Å². The van der Waals surface area contributed by atoms with E-state index in [2.05, 4.69) is 0 Å². The van der Waals surface area contributed by atoms with E-state index in [1.165, 1.54) is 0 Å². The molecule has 0 saturated heterocycles. The van der Waals surface area contributed by atoms with E-state index in [0.29, 0.717) is 5.95 Å². The number of hydrogen-bond donors (Lipinski definition) is 0. The Labute approximate surface area is 125 Å². The van der Waals surface area contributed by atoms with E-state index in [0.717, 1.165) is 26.3 Å². The zero-order chi connectivity index (χ0) is 14.8. The zero-order valence-corrected chi connectivity index (χ0v) is 16.1. The molecule has 0 unspecified atom stereocenters. The van der Waals surface area contributed by atoms with Crippen molar-refractivity contribution in [1.82, 2.24) is 0 Å². The molecule has 0 N–H and O–H groups in total. The monoisotopic (exact) mass is 363 g/mol. The van der Waals surface area contributed by atoms with Crippen molar-refractivity contribution in [2.24, 2.45) is 0 Å². The fourth-order valence-corrected chi connectivity index (χ4v) is 2.18. The summed E-state index contributed by atoms with van der Waals surface area (Å²) >= 11 is 1.14. The molecule has 0 rings (SSSR count). The van der Waals surface area contributed by atoms with Crippen molar-refractivity contribution in [3.63, 3.8) is 0 Å². The summed E-state index contributed by atoms with van der Waals surface area (Å²) in [6, 6.07) is 0. The standard InChI is InChI=1S/C14H27O3.Sn/c1-12(2,3)15-10-11(16-13(4,5)6)17-14(7,8)9;/h1-9H3;. The summed E-state index contributed by atoms with van der Waals surface area (Å²) in [5, 5.41) is 0. The van der Waals surface area contributed by atoms with Crippen molar-refractivity contribution in [2.45, 2.75) is 79.1 Å². The van der Waals surface area contributed by atoms with Crippen molar-refractivity contribution in [1.29, 1.82) is 0 Å². The molecule has 0 spiro atoms. The van der Waals surface area contributed by atoms with E-state index in [9.17, 15) is 0 Å². The Balaban J connectivity index is 5.13. The van der Waals surface area contributed by atoms with Gasteiger partial charge in [-0.3, -0.25) is 0 Å². The van der Waals surface area contributed by atoms with E-state index >= 15 is 0 Å². The second kappa shape index (κ2) is 5.93. The van der Waals surface area contributed by atoms with E-state index in [1.807, 2.05) is 62.3 Å². The van der Waals surface area contributed by atoms with E-state index in [1.54, 1.807) is 0 Å². The summed E-state index contributed by atoms with van der Waals surface area (Å²) in [4.78, 5) is 0. The molecule has 105 valence electrons. The van der Waals surface area contributed by atoms with Crippen LogP contribution in [0.3, 0.4) is 0 Å². The van der Waals surface area contributed by atoms with Gasteiger partial charge in [-0.25, -0.2) is 0 Å². The molecular formula is C14H27O3Sn. The average Bonchev–Trinajstić information content (AvgIpc) is 1.93. The minimum absolute atomic E-state index is 0.244. The van der Waals surface area contributed by atoms with Crippen molar-refractivity contribution < 1.29 is 14.2 Å². The van der Waals surface area contributed by atoms with Gasteiger partial charge in [0.05, 0.1) is 0 Å². The summed E-state index contributed by atoms with van der Waals surface area (Å²) < 4.78 is 18.4. The second-order valence-electron chi connectivity index (χ2n) is 7.26. The first-order valence-corrected chi connectivity index (χ1v) is 7.65. The Kier molecular flexibility index (Phi) is 5.91. The average molecular weight is 362 g/mol. The Morgan fingerprint density at radius 3 is 1.11 bits per heavy atom. The molecule has 3 nitrogen and oxygen atoms in total. The quantitative estimate of drug-likeness (QED) is 0.566. The van der Waals surface area contributed by atoms with Crippen LogP contribution in [-0.2, 0) is 14.2 Å². The van der Waals surface area contributed by atoms with Crippen molar-refractivity contribution >= 4 is 22.5 Å². The molecule has 0 aliphatic rings. The molecule has 0 aliphatic heterocycles. The molecular weight excluding hydrogens is 335 g/mol. The Morgan fingerprint density at radius 1 is 0.611 bits per heavy atom. The first kappa shape index (κ1) is 17.9. The fourth-order valence-electron chi connectivity index (χ4n) is 1.02.